The fourth-order valence-corrected chi connectivity index (χ4v) is 10.1. The summed E-state index contributed by atoms with van der Waals surface area (Å²) in [5.74, 6) is -4.08. The van der Waals surface area contributed by atoms with Crippen LogP contribution in [0.3, 0.4) is 0 Å². The van der Waals surface area contributed by atoms with Crippen molar-refractivity contribution in [2.24, 2.45) is 20.5 Å². The molecule has 4 aromatic rings. The minimum absolute atomic E-state index is 0.0335. The number of hydrogen-bond acceptors (Lipinski definition) is 20. The van der Waals surface area contributed by atoms with Gasteiger partial charge in [0.2, 0.25) is 5.91 Å². The van der Waals surface area contributed by atoms with Crippen molar-refractivity contribution >= 4 is 113 Å². The van der Waals surface area contributed by atoms with Crippen LogP contribution >= 0.6 is 11.6 Å². The number of anilines is 2. The van der Waals surface area contributed by atoms with Crippen molar-refractivity contribution in [2.75, 3.05) is 61.6 Å². The first-order valence-electron chi connectivity index (χ1n) is 17.3. The van der Waals surface area contributed by atoms with E-state index in [1.807, 2.05) is 0 Å². The number of ether oxygens (including phenoxy) is 2. The first kappa shape index (κ1) is 50.5. The van der Waals surface area contributed by atoms with Gasteiger partial charge in [0.25, 0.3) is 20.2 Å². The maximum atomic E-state index is 13.2. The molecular formula is C33H37ClN6O18S5. The lowest BCUT2D eigenvalue weighted by molar-refractivity contribution is -0.116. The van der Waals surface area contributed by atoms with E-state index in [1.165, 1.54) is 19.2 Å². The van der Waals surface area contributed by atoms with Crippen LogP contribution in [0.5, 0.6) is 17.2 Å². The summed E-state index contributed by atoms with van der Waals surface area (Å²) in [6, 6.07) is 8.05. The molecule has 30 heteroatoms. The van der Waals surface area contributed by atoms with Crippen molar-refractivity contribution in [1.29, 1.82) is 0 Å². The summed E-state index contributed by atoms with van der Waals surface area (Å²) in [6.45, 7) is -0.976. The Morgan fingerprint density at radius 2 is 1.37 bits per heavy atom. The summed E-state index contributed by atoms with van der Waals surface area (Å²) in [4.78, 5) is 11.0. The molecule has 63 heavy (non-hydrogen) atoms. The number of carbonyl (C=O) groups is 1. The Balaban J connectivity index is 1.90. The van der Waals surface area contributed by atoms with E-state index in [2.05, 4.69) is 35.3 Å². The molecule has 344 valence electrons. The fourth-order valence-electron chi connectivity index (χ4n) is 5.51. The largest absolute Gasteiger partial charge is 0.507 e. The van der Waals surface area contributed by atoms with Gasteiger partial charge in [0.15, 0.2) is 19.7 Å². The highest BCUT2D eigenvalue weighted by molar-refractivity contribution is 7.91. The summed E-state index contributed by atoms with van der Waals surface area (Å²) in [7, 11) is -19.4. The topological polar surface area (TPSA) is 370 Å². The van der Waals surface area contributed by atoms with Crippen LogP contribution in [0, 0.1) is 0 Å². The lowest BCUT2D eigenvalue weighted by Gasteiger charge is -2.14. The van der Waals surface area contributed by atoms with Gasteiger partial charge in [0.05, 0.1) is 59.7 Å². The van der Waals surface area contributed by atoms with E-state index in [1.54, 1.807) is 0 Å². The number of aromatic hydroxyl groups is 1. The third-order valence-corrected chi connectivity index (χ3v) is 14.4. The summed E-state index contributed by atoms with van der Waals surface area (Å²) >= 11 is 5.55. The van der Waals surface area contributed by atoms with Crippen molar-refractivity contribution in [1.82, 2.24) is 0 Å². The van der Waals surface area contributed by atoms with Crippen LogP contribution in [-0.2, 0) is 59.3 Å². The highest BCUT2D eigenvalue weighted by Gasteiger charge is 2.26. The number of nitrogens with zero attached hydrogens (tertiary/aromatic N) is 4. The third-order valence-electron chi connectivity index (χ3n) is 8.39. The molecule has 4 aromatic carbocycles. The molecule has 0 fully saturated rings. The van der Waals surface area contributed by atoms with Crippen LogP contribution in [0.4, 0.5) is 34.1 Å². The molecule has 0 heterocycles. The van der Waals surface area contributed by atoms with Crippen molar-refractivity contribution in [3.63, 3.8) is 0 Å². The van der Waals surface area contributed by atoms with Crippen molar-refractivity contribution in [3.05, 3.63) is 48.5 Å². The van der Waals surface area contributed by atoms with Crippen molar-refractivity contribution < 1.29 is 79.3 Å². The van der Waals surface area contributed by atoms with E-state index in [0.29, 0.717) is 6.07 Å². The highest BCUT2D eigenvalue weighted by atomic mass is 35.5. The molecule has 24 nitrogen and oxygen atoms in total. The smallest absolute Gasteiger partial charge is 0.397 e. The van der Waals surface area contributed by atoms with Crippen LogP contribution in [-0.4, -0.2) is 118 Å². The minimum atomic E-state index is -5.26. The Hall–Kier alpha value is -5.11. The SMILES string of the molecule is CNc1ccc2cc(S(=O)(=O)O)cc(O)c2c1N=Nc1cc(NC(=O)CCCS(=O)(=O)CCCl)c(N=Nc2cc(OC)c(S(=O)(=O)CCOS(=O)(=O)O)cc2OC)cc1S(=O)(=O)O. The molecule has 0 saturated heterocycles. The summed E-state index contributed by atoms with van der Waals surface area (Å²) < 4.78 is 165. The first-order chi connectivity index (χ1) is 29.2. The van der Waals surface area contributed by atoms with Gasteiger partial charge in [0, 0.05) is 37.5 Å². The quantitative estimate of drug-likeness (QED) is 0.0367. The van der Waals surface area contributed by atoms with Gasteiger partial charge in [-0.25, -0.2) is 21.0 Å². The van der Waals surface area contributed by atoms with Crippen LogP contribution in [0.2, 0.25) is 0 Å². The number of benzene rings is 4. The molecule has 4 rings (SSSR count). The zero-order chi connectivity index (χ0) is 47.1. The number of carbonyl (C=O) groups excluding carboxylic acids is 1. The van der Waals surface area contributed by atoms with Crippen LogP contribution in [0.25, 0.3) is 10.8 Å². The van der Waals surface area contributed by atoms with E-state index in [0.717, 1.165) is 44.6 Å². The second-order valence-corrected chi connectivity index (χ2v) is 21.3. The highest BCUT2D eigenvalue weighted by Crippen LogP contribution is 2.44. The Morgan fingerprint density at radius 3 is 1.95 bits per heavy atom. The predicted octanol–water partition coefficient (Wildman–Crippen LogP) is 4.89. The Bertz CT molecular complexity index is 3060. The number of phenolic OH excluding ortho intramolecular Hbond substituents is 1. The van der Waals surface area contributed by atoms with Gasteiger partial charge in [-0.1, -0.05) is 6.07 Å². The standard InChI is InChI=1S/C33H37ClN6O18S5/c1-35-21-7-6-19-13-20(61(47,48)49)14-26(41)32(19)33(21)40-39-25-15-22(36-31(42)5-4-10-59(43,44)11-8-34)23(17-29(25)62(50,51)52)37-38-24-16-28(57-3)30(18-27(24)56-2)60(45,46)12-9-58-63(53,54)55/h6-7,13-18,35,41H,4-5,8-12H2,1-3H3,(H,36,42)(H,47,48,49)(H,50,51,52)(H,53,54,55). The zero-order valence-electron chi connectivity index (χ0n) is 32.8. The minimum Gasteiger partial charge on any atom is -0.507 e. The normalized spacial score (nSPS) is 12.9. The molecule has 0 atom stereocenters. The maximum Gasteiger partial charge on any atom is 0.397 e. The predicted molar refractivity (Wildman–Crippen MR) is 226 cm³/mol. The Kier molecular flexibility index (Phi) is 16.2. The lowest BCUT2D eigenvalue weighted by atomic mass is 10.1. The van der Waals surface area contributed by atoms with Gasteiger partial charge < -0.3 is 25.2 Å². The molecule has 0 unspecified atom stereocenters. The number of amides is 1. The van der Waals surface area contributed by atoms with Crippen LogP contribution in [0.1, 0.15) is 12.8 Å². The van der Waals surface area contributed by atoms with E-state index in [4.69, 9.17) is 25.6 Å². The van der Waals surface area contributed by atoms with Gasteiger partial charge in [-0.15, -0.1) is 32.1 Å². The van der Waals surface area contributed by atoms with Gasteiger partial charge in [-0.2, -0.15) is 25.3 Å². The molecule has 0 bridgehead atoms. The molecule has 1 amide bonds. The van der Waals surface area contributed by atoms with Crippen molar-refractivity contribution in [3.8, 4) is 17.2 Å². The second kappa shape index (κ2) is 20.2. The molecule has 0 aliphatic heterocycles. The monoisotopic (exact) mass is 1000 g/mol. The molecule has 0 aliphatic carbocycles. The van der Waals surface area contributed by atoms with E-state index in [9.17, 15) is 61.1 Å². The van der Waals surface area contributed by atoms with Crippen LogP contribution < -0.4 is 20.1 Å². The molecule has 0 radical (unpaired) electrons. The fraction of sp³-hybridized carbons (Fsp3) is 0.303. The zero-order valence-corrected chi connectivity index (χ0v) is 37.6. The molecule has 6 N–H and O–H groups in total. The number of phenols is 1. The van der Waals surface area contributed by atoms with Gasteiger partial charge >= 0.3 is 10.4 Å². The number of methoxy groups -OCH3 is 2. The van der Waals surface area contributed by atoms with E-state index < -0.39 is 113 Å². The van der Waals surface area contributed by atoms with E-state index in [-0.39, 0.29) is 63.1 Å². The van der Waals surface area contributed by atoms with Crippen LogP contribution in [0.15, 0.2) is 83.7 Å². The Morgan fingerprint density at radius 1 is 0.714 bits per heavy atom. The van der Waals surface area contributed by atoms with Gasteiger partial charge in [-0.05, 0) is 36.1 Å². The number of hydrogen-bond donors (Lipinski definition) is 6. The average molecular weight is 1000 g/mol. The number of azo groups is 2. The number of fused-ring (bicyclic) bond motifs is 1. The van der Waals surface area contributed by atoms with Gasteiger partial charge in [0.1, 0.15) is 49.8 Å². The van der Waals surface area contributed by atoms with Gasteiger partial charge in [-0.3, -0.25) is 18.5 Å². The molecule has 0 saturated carbocycles. The number of halogens is 1. The molecular weight excluding hydrogens is 964 g/mol. The van der Waals surface area contributed by atoms with E-state index >= 15 is 0 Å². The number of alkyl halides is 1. The summed E-state index contributed by atoms with van der Waals surface area (Å²) in [6.07, 6.45) is -0.583. The maximum absolute atomic E-state index is 13.2. The molecule has 0 aromatic heterocycles. The number of nitrogens with one attached hydrogen (secondary N) is 2. The summed E-state index contributed by atoms with van der Waals surface area (Å²) in [5, 5.41) is 32.0. The first-order valence-corrected chi connectivity index (χ1v) is 25.6. The molecule has 0 spiro atoms. The number of rotatable bonds is 21. The Labute approximate surface area is 365 Å². The summed E-state index contributed by atoms with van der Waals surface area (Å²) in [5.41, 5.74) is -1.82. The third kappa shape index (κ3) is 13.4. The lowest BCUT2D eigenvalue weighted by Crippen LogP contribution is -2.16. The average Bonchev–Trinajstić information content (AvgIpc) is 3.17. The molecule has 0 aliphatic rings. The number of sulfone groups is 2. The van der Waals surface area contributed by atoms with Crippen molar-refractivity contribution in [2.45, 2.75) is 27.5 Å². The second-order valence-electron chi connectivity index (χ2n) is 12.7.